The van der Waals surface area contributed by atoms with E-state index in [2.05, 4.69) is 32.7 Å². The third kappa shape index (κ3) is 3.24. The topological polar surface area (TPSA) is 47.4 Å². The van der Waals surface area contributed by atoms with Crippen LogP contribution in [0.5, 0.6) is 0 Å². The van der Waals surface area contributed by atoms with Crippen molar-refractivity contribution < 1.29 is 4.74 Å². The van der Waals surface area contributed by atoms with Crippen molar-refractivity contribution in [1.29, 1.82) is 0 Å². The molecule has 1 fully saturated rings. The van der Waals surface area contributed by atoms with Crippen molar-refractivity contribution in [2.24, 2.45) is 0 Å². The average molecular weight is 330 g/mol. The van der Waals surface area contributed by atoms with E-state index in [0.29, 0.717) is 6.54 Å². The molecule has 1 aromatic rings. The Bertz CT molecular complexity index is 515. The fourth-order valence-electron chi connectivity index (χ4n) is 2.37. The predicted octanol–water partition coefficient (Wildman–Crippen LogP) is 1.34. The SMILES string of the molecule is CCN1CCOC(Cn2c(C)c(Br)c(C)nc2=O)C1. The van der Waals surface area contributed by atoms with Crippen molar-refractivity contribution in [3.8, 4) is 0 Å². The zero-order valence-corrected chi connectivity index (χ0v) is 13.2. The first-order valence-electron chi connectivity index (χ1n) is 6.60. The van der Waals surface area contributed by atoms with E-state index in [9.17, 15) is 4.79 Å². The van der Waals surface area contributed by atoms with Gasteiger partial charge in [-0.15, -0.1) is 0 Å². The van der Waals surface area contributed by atoms with Crippen LogP contribution in [-0.4, -0.2) is 46.8 Å². The second-order valence-corrected chi connectivity index (χ2v) is 5.67. The molecule has 5 nitrogen and oxygen atoms in total. The summed E-state index contributed by atoms with van der Waals surface area (Å²) in [5.74, 6) is 0. The molecule has 0 spiro atoms. The molecule has 19 heavy (non-hydrogen) atoms. The Balaban J connectivity index is 2.19. The molecule has 1 aromatic heterocycles. The molecule has 106 valence electrons. The van der Waals surface area contributed by atoms with E-state index in [-0.39, 0.29) is 11.8 Å². The molecule has 2 rings (SSSR count). The second-order valence-electron chi connectivity index (χ2n) is 4.88. The zero-order chi connectivity index (χ0) is 14.0. The van der Waals surface area contributed by atoms with E-state index in [1.54, 1.807) is 4.57 Å². The summed E-state index contributed by atoms with van der Waals surface area (Å²) in [5.41, 5.74) is 1.45. The van der Waals surface area contributed by atoms with Gasteiger partial charge in [0, 0.05) is 18.8 Å². The summed E-state index contributed by atoms with van der Waals surface area (Å²) in [6, 6.07) is 0. The zero-order valence-electron chi connectivity index (χ0n) is 11.6. The molecule has 0 aliphatic carbocycles. The number of hydrogen-bond acceptors (Lipinski definition) is 4. The lowest BCUT2D eigenvalue weighted by Gasteiger charge is -2.32. The maximum atomic E-state index is 12.0. The molecule has 0 radical (unpaired) electrons. The maximum absolute atomic E-state index is 12.0. The highest BCUT2D eigenvalue weighted by atomic mass is 79.9. The van der Waals surface area contributed by atoms with E-state index >= 15 is 0 Å². The number of likely N-dealkylation sites (N-methyl/N-ethyl adjacent to an activating group) is 1. The molecule has 0 aromatic carbocycles. The first-order chi connectivity index (χ1) is 9.02. The molecule has 1 unspecified atom stereocenters. The van der Waals surface area contributed by atoms with E-state index in [1.807, 2.05) is 13.8 Å². The predicted molar refractivity (Wildman–Crippen MR) is 77.5 cm³/mol. The van der Waals surface area contributed by atoms with Crippen LogP contribution in [0.25, 0.3) is 0 Å². The van der Waals surface area contributed by atoms with Gasteiger partial charge in [0.1, 0.15) is 0 Å². The highest BCUT2D eigenvalue weighted by Gasteiger charge is 2.21. The first-order valence-corrected chi connectivity index (χ1v) is 7.39. The minimum absolute atomic E-state index is 0.0570. The van der Waals surface area contributed by atoms with Gasteiger partial charge in [0.2, 0.25) is 0 Å². The highest BCUT2D eigenvalue weighted by Crippen LogP contribution is 2.17. The lowest BCUT2D eigenvalue weighted by atomic mass is 10.2. The summed E-state index contributed by atoms with van der Waals surface area (Å²) in [6.45, 7) is 10.1. The van der Waals surface area contributed by atoms with Gasteiger partial charge in [-0.1, -0.05) is 6.92 Å². The van der Waals surface area contributed by atoms with Gasteiger partial charge in [-0.3, -0.25) is 9.47 Å². The average Bonchev–Trinajstić information content (AvgIpc) is 2.41. The van der Waals surface area contributed by atoms with Crippen molar-refractivity contribution >= 4 is 15.9 Å². The minimum atomic E-state index is -0.199. The van der Waals surface area contributed by atoms with Gasteiger partial charge in [0.05, 0.1) is 29.4 Å². The number of morpholine rings is 1. The normalized spacial score (nSPS) is 20.7. The van der Waals surface area contributed by atoms with Crippen LogP contribution in [0.15, 0.2) is 9.27 Å². The van der Waals surface area contributed by atoms with Crippen LogP contribution in [0.4, 0.5) is 0 Å². The molecule has 1 atom stereocenters. The number of hydrogen-bond donors (Lipinski definition) is 0. The number of ether oxygens (including phenoxy) is 1. The lowest BCUT2D eigenvalue weighted by Crippen LogP contribution is -2.45. The van der Waals surface area contributed by atoms with Crippen LogP contribution in [0.3, 0.4) is 0 Å². The Morgan fingerprint density at radius 3 is 2.89 bits per heavy atom. The monoisotopic (exact) mass is 329 g/mol. The number of aryl methyl sites for hydroxylation is 1. The van der Waals surface area contributed by atoms with E-state index < -0.39 is 0 Å². The van der Waals surface area contributed by atoms with Crippen LogP contribution in [0.1, 0.15) is 18.3 Å². The van der Waals surface area contributed by atoms with Gasteiger partial charge in [0.15, 0.2) is 0 Å². The summed E-state index contributed by atoms with van der Waals surface area (Å²) in [6.07, 6.45) is 0.0570. The highest BCUT2D eigenvalue weighted by molar-refractivity contribution is 9.10. The Hall–Kier alpha value is -0.720. The van der Waals surface area contributed by atoms with Gasteiger partial charge in [-0.25, -0.2) is 4.79 Å². The summed E-state index contributed by atoms with van der Waals surface area (Å²) < 4.78 is 8.34. The Morgan fingerprint density at radius 1 is 1.47 bits per heavy atom. The number of halogens is 1. The van der Waals surface area contributed by atoms with Crippen molar-refractivity contribution in [2.45, 2.75) is 33.4 Å². The Labute approximate surface area is 121 Å². The molecule has 2 heterocycles. The van der Waals surface area contributed by atoms with Crippen molar-refractivity contribution in [2.75, 3.05) is 26.2 Å². The van der Waals surface area contributed by atoms with Gasteiger partial charge in [-0.05, 0) is 36.3 Å². The third-order valence-corrected chi connectivity index (χ3v) is 4.74. The molecular formula is C13H20BrN3O2. The fraction of sp³-hybridized carbons (Fsp3) is 0.692. The van der Waals surface area contributed by atoms with Crippen LogP contribution >= 0.6 is 15.9 Å². The van der Waals surface area contributed by atoms with Gasteiger partial charge in [0.25, 0.3) is 0 Å². The molecule has 1 saturated heterocycles. The molecule has 0 N–H and O–H groups in total. The molecular weight excluding hydrogens is 310 g/mol. The van der Waals surface area contributed by atoms with Gasteiger partial charge >= 0.3 is 5.69 Å². The summed E-state index contributed by atoms with van der Waals surface area (Å²) in [5, 5.41) is 0. The van der Waals surface area contributed by atoms with Crippen molar-refractivity contribution in [1.82, 2.24) is 14.5 Å². The van der Waals surface area contributed by atoms with E-state index in [4.69, 9.17) is 4.74 Å². The summed E-state index contributed by atoms with van der Waals surface area (Å²) in [7, 11) is 0. The van der Waals surface area contributed by atoms with E-state index in [0.717, 1.165) is 42.1 Å². The van der Waals surface area contributed by atoms with Crippen LogP contribution < -0.4 is 5.69 Å². The third-order valence-electron chi connectivity index (χ3n) is 3.59. The quantitative estimate of drug-likeness (QED) is 0.839. The Kier molecular flexibility index (Phi) is 4.76. The van der Waals surface area contributed by atoms with Crippen molar-refractivity contribution in [3.63, 3.8) is 0 Å². The number of aromatic nitrogens is 2. The summed E-state index contributed by atoms with van der Waals surface area (Å²) >= 11 is 3.48. The fourth-order valence-corrected chi connectivity index (χ4v) is 2.68. The Morgan fingerprint density at radius 2 is 2.21 bits per heavy atom. The summed E-state index contributed by atoms with van der Waals surface area (Å²) in [4.78, 5) is 18.4. The van der Waals surface area contributed by atoms with Crippen LogP contribution in [-0.2, 0) is 11.3 Å². The van der Waals surface area contributed by atoms with Gasteiger partial charge < -0.3 is 4.74 Å². The van der Waals surface area contributed by atoms with Crippen LogP contribution in [0.2, 0.25) is 0 Å². The molecule has 0 amide bonds. The smallest absolute Gasteiger partial charge is 0.348 e. The molecule has 1 aliphatic heterocycles. The van der Waals surface area contributed by atoms with E-state index in [1.165, 1.54) is 0 Å². The molecule has 0 bridgehead atoms. The molecule has 6 heteroatoms. The largest absolute Gasteiger partial charge is 0.374 e. The number of rotatable bonds is 3. The molecule has 0 saturated carbocycles. The molecule has 1 aliphatic rings. The number of nitrogens with zero attached hydrogens (tertiary/aromatic N) is 3. The second kappa shape index (κ2) is 6.15. The van der Waals surface area contributed by atoms with Crippen LogP contribution in [0, 0.1) is 13.8 Å². The first kappa shape index (κ1) is 14.7. The standard InChI is InChI=1S/C13H20BrN3O2/c1-4-16-5-6-19-11(7-16)8-17-10(3)12(14)9(2)15-13(17)18/h11H,4-8H2,1-3H3. The minimum Gasteiger partial charge on any atom is -0.374 e. The van der Waals surface area contributed by atoms with Gasteiger partial charge in [-0.2, -0.15) is 4.98 Å². The maximum Gasteiger partial charge on any atom is 0.348 e. The lowest BCUT2D eigenvalue weighted by molar-refractivity contribution is -0.0351. The van der Waals surface area contributed by atoms with Crippen molar-refractivity contribution in [3.05, 3.63) is 26.3 Å².